The van der Waals surface area contributed by atoms with Crippen molar-refractivity contribution in [1.29, 1.82) is 0 Å². The number of nitrogens with zero attached hydrogens (tertiary/aromatic N) is 6. The van der Waals surface area contributed by atoms with E-state index in [-0.39, 0.29) is 43.8 Å². The van der Waals surface area contributed by atoms with E-state index in [2.05, 4.69) is 47.6 Å². The Hall–Kier alpha value is -5.85. The highest BCUT2D eigenvalue weighted by molar-refractivity contribution is 5.89. The van der Waals surface area contributed by atoms with Crippen molar-refractivity contribution in [3.8, 4) is 11.5 Å². The molecule has 4 atom stereocenters. The predicted molar refractivity (Wildman–Crippen MR) is 287 cm³/mol. The number of methoxy groups -OCH3 is 2. The number of carbonyl (C=O) groups is 3. The molecule has 2 N–H and O–H groups in total. The first-order valence-corrected chi connectivity index (χ1v) is 26.3. The van der Waals surface area contributed by atoms with Gasteiger partial charge in [0.25, 0.3) is 5.56 Å². The Morgan fingerprint density at radius 3 is 1.85 bits per heavy atom. The van der Waals surface area contributed by atoms with Crippen LogP contribution in [0.3, 0.4) is 0 Å². The van der Waals surface area contributed by atoms with Crippen LogP contribution < -0.4 is 26.0 Å². The number of hydrogen-bond acceptors (Lipinski definition) is 10. The van der Waals surface area contributed by atoms with Gasteiger partial charge in [-0.15, -0.1) is 0 Å². The Labute approximate surface area is 438 Å². The minimum absolute atomic E-state index is 0.00949. The Morgan fingerprint density at radius 2 is 1.30 bits per heavy atom. The Bertz CT molecular complexity index is 2490. The first kappa shape index (κ1) is 59.0. The third kappa shape index (κ3) is 15.6. The number of aromatic nitrogens is 2. The molecule has 0 bridgehead atoms. The molecule has 0 saturated carbocycles. The normalized spacial score (nSPS) is 18.1. The third-order valence-electron chi connectivity index (χ3n) is 13.7. The van der Waals surface area contributed by atoms with Crippen molar-refractivity contribution in [2.24, 2.45) is 0 Å². The number of ether oxygens (including phenoxy) is 4. The summed E-state index contributed by atoms with van der Waals surface area (Å²) in [6, 6.07) is 24.3. The van der Waals surface area contributed by atoms with Crippen LogP contribution in [0.15, 0.2) is 94.6 Å². The minimum Gasteiger partial charge on any atom is -0.497 e. The maximum absolute atomic E-state index is 14.1. The van der Waals surface area contributed by atoms with Crippen LogP contribution in [-0.2, 0) is 36.0 Å². The Morgan fingerprint density at radius 1 is 0.743 bits per heavy atom. The number of amides is 3. The highest BCUT2D eigenvalue weighted by Gasteiger charge is 2.43. The molecule has 4 unspecified atom stereocenters. The summed E-state index contributed by atoms with van der Waals surface area (Å²) in [4.78, 5) is 71.5. The second kappa shape index (κ2) is 27.1. The number of aliphatic hydroxyl groups excluding tert-OH is 1. The number of carbonyl (C=O) groups excluding carboxylic acids is 3. The van der Waals surface area contributed by atoms with Gasteiger partial charge in [-0.2, -0.15) is 0 Å². The van der Waals surface area contributed by atoms with Crippen LogP contribution in [0.1, 0.15) is 93.7 Å². The second-order valence-electron chi connectivity index (χ2n) is 21.2. The highest BCUT2D eigenvalue weighted by atomic mass is 16.6. The van der Waals surface area contributed by atoms with E-state index in [0.29, 0.717) is 75.2 Å². The fourth-order valence-electron chi connectivity index (χ4n) is 9.62. The molecule has 2 aliphatic heterocycles. The molecule has 3 aromatic carbocycles. The summed E-state index contributed by atoms with van der Waals surface area (Å²) in [6.45, 7) is 8.57. The lowest BCUT2D eigenvalue weighted by Gasteiger charge is -2.41. The van der Waals surface area contributed by atoms with Crippen LogP contribution in [0.5, 0.6) is 11.5 Å². The zero-order valence-electron chi connectivity index (χ0n) is 46.0. The SMILES string of the molecule is CC.COc1ccc(C(OCC2OC(n3cc(C)c(=O)n(CCCCCNC(=O)C4CN(C(=O)CCC[N+](C)(C)C)CCN4C(=O)CCC[N+](C)(C)C)c3=O)CC2O)(c2ccccc2)c2ccc(OC)cc2)cc1. The molecule has 4 aromatic rings. The number of aryl methyl sites for hydroxylation is 1. The number of piperazine rings is 1. The van der Waals surface area contributed by atoms with Crippen LogP contribution >= 0.6 is 0 Å². The van der Waals surface area contributed by atoms with E-state index >= 15 is 0 Å². The Kier molecular flexibility index (Phi) is 21.6. The van der Waals surface area contributed by atoms with E-state index in [9.17, 15) is 29.1 Å². The monoisotopic (exact) mass is 1030 g/mol. The van der Waals surface area contributed by atoms with Crippen molar-refractivity contribution in [2.45, 2.75) is 109 Å². The number of unbranched alkanes of at least 4 members (excludes halogenated alkanes) is 2. The van der Waals surface area contributed by atoms with Crippen LogP contribution in [0, 0.1) is 6.92 Å². The summed E-state index contributed by atoms with van der Waals surface area (Å²) in [6.07, 6.45) is 2.66. The molecule has 74 heavy (non-hydrogen) atoms. The largest absolute Gasteiger partial charge is 0.497 e. The van der Waals surface area contributed by atoms with E-state index in [1.165, 1.54) is 15.3 Å². The summed E-state index contributed by atoms with van der Waals surface area (Å²) in [5.74, 6) is 0.967. The van der Waals surface area contributed by atoms with Crippen molar-refractivity contribution in [3.05, 3.63) is 128 Å². The molecule has 3 amide bonds. The molecule has 406 valence electrons. The van der Waals surface area contributed by atoms with Gasteiger partial charge in [-0.05, 0) is 67.1 Å². The summed E-state index contributed by atoms with van der Waals surface area (Å²) >= 11 is 0. The second-order valence-corrected chi connectivity index (χ2v) is 21.2. The lowest BCUT2D eigenvalue weighted by atomic mass is 9.80. The fourth-order valence-corrected chi connectivity index (χ4v) is 9.62. The Balaban J connectivity index is 0.00000501. The highest BCUT2D eigenvalue weighted by Crippen LogP contribution is 2.43. The van der Waals surface area contributed by atoms with Gasteiger partial charge in [0.05, 0.1) is 88.9 Å². The standard InChI is InChI=1S/C55H78N7O10.C2H6/c1-40-37-60(51-36-47(63)48(72-51)39-71-55(41-18-12-10-13-19-41,42-22-26-44(69-8)27-23-42)43-24-28-45(70-9)29-25-43)54(68)59(53(40)67)31-15-11-14-30-56-52(66)46-38-57(49(64)20-16-34-61(2,3)4)32-33-58(46)50(65)21-17-35-62(5,6)7;1-2/h10,12-13,18-19,22-29,37,46-48,51,63H,11,14-17,20-21,30-36,38-39H2,1-9H3;1-2H3/q+1;/p+1. The number of nitrogens with one attached hydrogen (secondary N) is 1. The smallest absolute Gasteiger partial charge is 0.333 e. The lowest BCUT2D eigenvalue weighted by molar-refractivity contribution is -0.870. The average molecular weight is 1030 g/mol. The molecular weight excluding hydrogens is 943 g/mol. The van der Waals surface area contributed by atoms with Gasteiger partial charge >= 0.3 is 5.69 Å². The van der Waals surface area contributed by atoms with Gasteiger partial charge < -0.3 is 48.1 Å². The van der Waals surface area contributed by atoms with Crippen molar-refractivity contribution >= 4 is 17.7 Å². The molecule has 2 saturated heterocycles. The minimum atomic E-state index is -1.16. The van der Waals surface area contributed by atoms with Crippen molar-refractivity contribution in [3.63, 3.8) is 0 Å². The topological polar surface area (TPSA) is 171 Å². The molecule has 0 spiro atoms. The van der Waals surface area contributed by atoms with Gasteiger partial charge in [-0.25, -0.2) is 4.79 Å². The number of benzene rings is 3. The van der Waals surface area contributed by atoms with Crippen LogP contribution in [-0.4, -0.2) is 171 Å². The molecular formula is C57H85N7O10+2. The molecule has 1 aromatic heterocycles. The molecule has 2 aliphatic rings. The molecule has 6 rings (SSSR count). The van der Waals surface area contributed by atoms with E-state index in [1.54, 1.807) is 30.9 Å². The van der Waals surface area contributed by atoms with E-state index < -0.39 is 41.3 Å². The van der Waals surface area contributed by atoms with E-state index in [4.69, 9.17) is 18.9 Å². The molecule has 0 radical (unpaired) electrons. The van der Waals surface area contributed by atoms with Gasteiger partial charge in [0.15, 0.2) is 0 Å². The van der Waals surface area contributed by atoms with Gasteiger partial charge in [0.2, 0.25) is 17.7 Å². The quantitative estimate of drug-likeness (QED) is 0.0533. The van der Waals surface area contributed by atoms with Crippen LogP contribution in [0.25, 0.3) is 0 Å². The lowest BCUT2D eigenvalue weighted by Crippen LogP contribution is -2.61. The van der Waals surface area contributed by atoms with Gasteiger partial charge in [-0.3, -0.25) is 28.3 Å². The van der Waals surface area contributed by atoms with Crippen molar-refractivity contribution < 1.29 is 47.4 Å². The summed E-state index contributed by atoms with van der Waals surface area (Å²) in [5.41, 5.74) is 0.718. The molecule has 17 heteroatoms. The van der Waals surface area contributed by atoms with Crippen LogP contribution in [0.2, 0.25) is 0 Å². The van der Waals surface area contributed by atoms with Gasteiger partial charge in [0, 0.05) is 70.0 Å². The molecule has 0 aliphatic carbocycles. The van der Waals surface area contributed by atoms with E-state index in [0.717, 1.165) is 45.2 Å². The molecule has 17 nitrogen and oxygen atoms in total. The van der Waals surface area contributed by atoms with Crippen molar-refractivity contribution in [2.75, 3.05) is 102 Å². The zero-order chi connectivity index (χ0) is 54.2. The summed E-state index contributed by atoms with van der Waals surface area (Å²) in [5, 5.41) is 14.5. The fraction of sp³-hybridized carbons (Fsp3) is 0.561. The maximum Gasteiger partial charge on any atom is 0.333 e. The average Bonchev–Trinajstić information content (AvgIpc) is 3.76. The first-order chi connectivity index (χ1) is 35.2. The van der Waals surface area contributed by atoms with E-state index in [1.807, 2.05) is 92.7 Å². The van der Waals surface area contributed by atoms with Crippen molar-refractivity contribution in [1.82, 2.24) is 24.3 Å². The number of hydrogen-bond donors (Lipinski definition) is 2. The first-order valence-electron chi connectivity index (χ1n) is 26.3. The number of quaternary nitrogens is 2. The summed E-state index contributed by atoms with van der Waals surface area (Å²) < 4.78 is 28.5. The number of aliphatic hydroxyl groups is 1. The zero-order valence-corrected chi connectivity index (χ0v) is 46.0. The maximum atomic E-state index is 14.1. The van der Waals surface area contributed by atoms with Crippen LogP contribution in [0.4, 0.5) is 0 Å². The predicted octanol–water partition coefficient (Wildman–Crippen LogP) is 5.32. The number of rotatable bonds is 24. The third-order valence-corrected chi connectivity index (χ3v) is 13.7. The summed E-state index contributed by atoms with van der Waals surface area (Å²) in [7, 11) is 15.7. The molecule has 3 heterocycles. The van der Waals surface area contributed by atoms with Gasteiger partial charge in [0.1, 0.15) is 35.5 Å². The molecule has 2 fully saturated rings. The van der Waals surface area contributed by atoms with Gasteiger partial charge in [-0.1, -0.05) is 68.4 Å².